The van der Waals surface area contributed by atoms with Crippen LogP contribution in [0.15, 0.2) is 30.4 Å². The van der Waals surface area contributed by atoms with Crippen molar-refractivity contribution in [2.45, 2.75) is 38.5 Å². The summed E-state index contributed by atoms with van der Waals surface area (Å²) in [5.41, 5.74) is 2.73. The van der Waals surface area contributed by atoms with Crippen LogP contribution in [-0.2, 0) is 20.6 Å². The van der Waals surface area contributed by atoms with Crippen LogP contribution in [0.4, 0.5) is 0 Å². The van der Waals surface area contributed by atoms with Gasteiger partial charge in [-0.1, -0.05) is 41.5 Å². The molecule has 5 nitrogen and oxygen atoms in total. The molecule has 0 aromatic heterocycles. The fourth-order valence-electron chi connectivity index (χ4n) is 2.86. The number of allylic oxidation sites excluding steroid dienone is 1. The van der Waals surface area contributed by atoms with Crippen LogP contribution in [0.2, 0.25) is 0 Å². The van der Waals surface area contributed by atoms with E-state index >= 15 is 0 Å². The monoisotopic (exact) mass is 323 g/mol. The highest BCUT2D eigenvalue weighted by Crippen LogP contribution is 2.21. The summed E-state index contributed by atoms with van der Waals surface area (Å²) in [5.74, 6) is -1.82. The number of carboxylic acids is 1. The number of hydrogen-bond acceptors (Lipinski definition) is 3. The lowest BCUT2D eigenvalue weighted by molar-refractivity contribution is -0.142. The van der Waals surface area contributed by atoms with E-state index in [1.165, 1.54) is 0 Å². The summed E-state index contributed by atoms with van der Waals surface area (Å²) in [6.07, 6.45) is 4.37. The molecule has 0 bridgehead atoms. The van der Waals surface area contributed by atoms with Gasteiger partial charge in [-0.05, 0) is 32.3 Å². The first kappa shape index (κ1) is 16.7. The number of carbonyl (C=O) groups is 1. The van der Waals surface area contributed by atoms with Gasteiger partial charge in [-0.25, -0.2) is 13.1 Å². The fraction of sp³-hybridized carbons (Fsp3) is 0.438. The molecule has 1 aliphatic carbocycles. The molecule has 6 heteroatoms. The highest BCUT2D eigenvalue weighted by Gasteiger charge is 2.31. The molecule has 0 radical (unpaired) electrons. The molecule has 120 valence electrons. The van der Waals surface area contributed by atoms with Crippen molar-refractivity contribution >= 4 is 16.0 Å². The Morgan fingerprint density at radius 3 is 2.36 bits per heavy atom. The van der Waals surface area contributed by atoms with Crippen molar-refractivity contribution in [2.24, 2.45) is 5.92 Å². The molecule has 0 saturated heterocycles. The van der Waals surface area contributed by atoms with Gasteiger partial charge in [0.05, 0.1) is 11.7 Å². The van der Waals surface area contributed by atoms with Crippen molar-refractivity contribution < 1.29 is 18.3 Å². The maximum atomic E-state index is 12.3. The van der Waals surface area contributed by atoms with Gasteiger partial charge in [0.1, 0.15) is 0 Å². The summed E-state index contributed by atoms with van der Waals surface area (Å²) in [4.78, 5) is 11.2. The lowest BCUT2D eigenvalue weighted by Crippen LogP contribution is -2.44. The van der Waals surface area contributed by atoms with Crippen molar-refractivity contribution in [3.63, 3.8) is 0 Å². The van der Waals surface area contributed by atoms with E-state index < -0.39 is 28.0 Å². The average Bonchev–Trinajstić information content (AvgIpc) is 2.36. The first-order valence-corrected chi connectivity index (χ1v) is 8.87. The Kier molecular flexibility index (Phi) is 5.03. The third kappa shape index (κ3) is 4.42. The third-order valence-electron chi connectivity index (χ3n) is 3.72. The Balaban J connectivity index is 2.13. The van der Waals surface area contributed by atoms with Gasteiger partial charge in [0.2, 0.25) is 10.0 Å². The van der Waals surface area contributed by atoms with E-state index in [1.54, 1.807) is 6.08 Å². The zero-order chi connectivity index (χ0) is 16.3. The average molecular weight is 323 g/mol. The van der Waals surface area contributed by atoms with Gasteiger partial charge < -0.3 is 5.11 Å². The smallest absolute Gasteiger partial charge is 0.308 e. The molecular weight excluding hydrogens is 302 g/mol. The molecule has 22 heavy (non-hydrogen) atoms. The van der Waals surface area contributed by atoms with Crippen LogP contribution in [0.5, 0.6) is 0 Å². The number of sulfonamides is 1. The maximum absolute atomic E-state index is 12.3. The molecule has 0 unspecified atom stereocenters. The lowest BCUT2D eigenvalue weighted by Gasteiger charge is -2.26. The van der Waals surface area contributed by atoms with Gasteiger partial charge in [0.15, 0.2) is 0 Å². The van der Waals surface area contributed by atoms with E-state index in [4.69, 9.17) is 0 Å². The van der Waals surface area contributed by atoms with E-state index in [0.29, 0.717) is 18.4 Å². The molecule has 2 atom stereocenters. The Morgan fingerprint density at radius 2 is 1.77 bits per heavy atom. The van der Waals surface area contributed by atoms with Gasteiger partial charge in [-0.3, -0.25) is 4.79 Å². The normalized spacial score (nSPS) is 21.7. The van der Waals surface area contributed by atoms with Crippen LogP contribution < -0.4 is 4.72 Å². The van der Waals surface area contributed by atoms with E-state index in [9.17, 15) is 18.3 Å². The van der Waals surface area contributed by atoms with Crippen LogP contribution in [0, 0.1) is 19.8 Å². The molecule has 0 heterocycles. The summed E-state index contributed by atoms with van der Waals surface area (Å²) in [6, 6.07) is 5.07. The van der Waals surface area contributed by atoms with E-state index in [-0.39, 0.29) is 5.75 Å². The molecule has 0 spiro atoms. The first-order chi connectivity index (χ1) is 10.3. The lowest BCUT2D eigenvalue weighted by atomic mass is 9.90. The van der Waals surface area contributed by atoms with Crippen LogP contribution in [0.1, 0.15) is 29.5 Å². The molecule has 2 rings (SSSR count). The van der Waals surface area contributed by atoms with Gasteiger partial charge in [-0.15, -0.1) is 0 Å². The largest absolute Gasteiger partial charge is 0.481 e. The molecule has 2 N–H and O–H groups in total. The number of nitrogens with one attached hydrogen (secondary N) is 1. The van der Waals surface area contributed by atoms with E-state index in [2.05, 4.69) is 4.72 Å². The molecular formula is C16H21NO4S. The Hall–Kier alpha value is -1.66. The predicted molar refractivity (Wildman–Crippen MR) is 85.0 cm³/mol. The van der Waals surface area contributed by atoms with Crippen molar-refractivity contribution in [1.29, 1.82) is 0 Å². The van der Waals surface area contributed by atoms with Crippen LogP contribution >= 0.6 is 0 Å². The number of aryl methyl sites for hydroxylation is 2. The molecule has 1 aromatic rings. The predicted octanol–water partition coefficient (Wildman–Crippen LogP) is 2.14. The second kappa shape index (κ2) is 6.62. The minimum absolute atomic E-state index is 0.137. The number of hydrogen-bond donors (Lipinski definition) is 2. The van der Waals surface area contributed by atoms with E-state index in [0.717, 1.165) is 11.1 Å². The summed E-state index contributed by atoms with van der Waals surface area (Å²) < 4.78 is 27.2. The van der Waals surface area contributed by atoms with Crippen LogP contribution in [0.3, 0.4) is 0 Å². The molecule has 1 aromatic carbocycles. The van der Waals surface area contributed by atoms with Crippen molar-refractivity contribution in [3.05, 3.63) is 47.0 Å². The maximum Gasteiger partial charge on any atom is 0.308 e. The minimum atomic E-state index is -3.58. The topological polar surface area (TPSA) is 83.5 Å². The van der Waals surface area contributed by atoms with Gasteiger partial charge in [-0.2, -0.15) is 0 Å². The van der Waals surface area contributed by atoms with Gasteiger partial charge in [0.25, 0.3) is 0 Å². The standard InChI is InChI=1S/C16H21NO4S/c1-11-7-12(2)9-13(8-11)10-22(20,21)17-15-6-4-3-5-14(15)16(18)19/h3-4,7-9,14-15,17H,5-6,10H2,1-2H3,(H,18,19)/t14-,15+/m0/s1. The Labute approximate surface area is 131 Å². The second-order valence-electron chi connectivity index (χ2n) is 5.87. The summed E-state index contributed by atoms with van der Waals surface area (Å²) >= 11 is 0. The third-order valence-corrected chi connectivity index (χ3v) is 5.09. The number of aliphatic carboxylic acids is 1. The number of carboxylic acid groups (broad SMARTS) is 1. The Bertz CT molecular complexity index is 674. The minimum Gasteiger partial charge on any atom is -0.481 e. The SMILES string of the molecule is Cc1cc(C)cc(CS(=O)(=O)N[C@@H]2CC=CC[C@@H]2C(=O)O)c1. The molecule has 0 aliphatic heterocycles. The van der Waals surface area contributed by atoms with Gasteiger partial charge >= 0.3 is 5.97 Å². The number of benzene rings is 1. The fourth-order valence-corrected chi connectivity index (χ4v) is 4.27. The second-order valence-corrected chi connectivity index (χ2v) is 7.62. The first-order valence-electron chi connectivity index (χ1n) is 7.22. The molecule has 0 fully saturated rings. The summed E-state index contributed by atoms with van der Waals surface area (Å²) in [5, 5.41) is 9.20. The summed E-state index contributed by atoms with van der Waals surface area (Å²) in [6.45, 7) is 3.84. The zero-order valence-electron chi connectivity index (χ0n) is 12.7. The van der Waals surface area contributed by atoms with Gasteiger partial charge in [0, 0.05) is 6.04 Å². The van der Waals surface area contributed by atoms with E-state index in [1.807, 2.05) is 38.1 Å². The van der Waals surface area contributed by atoms with Crippen molar-refractivity contribution in [2.75, 3.05) is 0 Å². The van der Waals surface area contributed by atoms with Crippen LogP contribution in [0.25, 0.3) is 0 Å². The Morgan fingerprint density at radius 1 is 1.18 bits per heavy atom. The van der Waals surface area contributed by atoms with Crippen molar-refractivity contribution in [1.82, 2.24) is 4.72 Å². The summed E-state index contributed by atoms with van der Waals surface area (Å²) in [7, 11) is -3.58. The van der Waals surface area contributed by atoms with Crippen molar-refractivity contribution in [3.8, 4) is 0 Å². The quantitative estimate of drug-likeness (QED) is 0.813. The molecule has 1 aliphatic rings. The zero-order valence-corrected chi connectivity index (χ0v) is 13.6. The highest BCUT2D eigenvalue weighted by molar-refractivity contribution is 7.88. The highest BCUT2D eigenvalue weighted by atomic mass is 32.2. The number of rotatable bonds is 5. The molecule has 0 amide bonds. The molecule has 0 saturated carbocycles. The van der Waals surface area contributed by atoms with Crippen LogP contribution in [-0.4, -0.2) is 25.5 Å².